The van der Waals surface area contributed by atoms with Crippen molar-refractivity contribution in [2.75, 3.05) is 0 Å². The molecule has 2 aromatic rings. The summed E-state index contributed by atoms with van der Waals surface area (Å²) in [4.78, 5) is 0. The van der Waals surface area contributed by atoms with Gasteiger partial charge in [-0.3, -0.25) is 0 Å². The third-order valence-electron chi connectivity index (χ3n) is 3.83. The van der Waals surface area contributed by atoms with Crippen molar-refractivity contribution in [3.8, 4) is 0 Å². The fourth-order valence-corrected chi connectivity index (χ4v) is 2.84. The molecule has 1 radical (unpaired) electrons. The summed E-state index contributed by atoms with van der Waals surface area (Å²) < 4.78 is 0. The van der Waals surface area contributed by atoms with Crippen LogP contribution in [0.15, 0.2) is 36.4 Å². The van der Waals surface area contributed by atoms with Gasteiger partial charge in [0, 0.05) is 0 Å². The van der Waals surface area contributed by atoms with Crippen molar-refractivity contribution < 1.29 is 0 Å². The monoisotopic (exact) mass is 253 g/mol. The quantitative estimate of drug-likeness (QED) is 0.553. The highest BCUT2D eigenvalue weighted by molar-refractivity contribution is 5.86. The molecule has 101 valence electrons. The predicted molar refractivity (Wildman–Crippen MR) is 85.5 cm³/mol. The Balaban J connectivity index is 2.27. The number of hydrogen-bond donors (Lipinski definition) is 0. The number of hydrogen-bond acceptors (Lipinski definition) is 0. The van der Waals surface area contributed by atoms with Crippen LogP contribution in [0.5, 0.6) is 0 Å². The number of rotatable bonds is 7. The van der Waals surface area contributed by atoms with E-state index in [0.29, 0.717) is 0 Å². The lowest BCUT2D eigenvalue weighted by molar-refractivity contribution is 0.684. The van der Waals surface area contributed by atoms with Crippen LogP contribution in [0.4, 0.5) is 0 Å². The summed E-state index contributed by atoms with van der Waals surface area (Å²) in [5, 5.41) is 2.84. The highest BCUT2D eigenvalue weighted by atomic mass is 14.1. The second kappa shape index (κ2) is 7.33. The van der Waals surface area contributed by atoms with Crippen LogP contribution in [0.25, 0.3) is 10.8 Å². The zero-order chi connectivity index (χ0) is 13.5. The number of fused-ring (bicyclic) bond motifs is 1. The zero-order valence-corrected chi connectivity index (χ0v) is 12.1. The molecule has 0 nitrogen and oxygen atoms in total. The first-order valence-corrected chi connectivity index (χ1v) is 7.65. The van der Waals surface area contributed by atoms with E-state index < -0.39 is 0 Å². The molecule has 2 aromatic carbocycles. The van der Waals surface area contributed by atoms with E-state index in [-0.39, 0.29) is 0 Å². The van der Waals surface area contributed by atoms with E-state index in [2.05, 4.69) is 50.2 Å². The number of aryl methyl sites for hydroxylation is 2. The topological polar surface area (TPSA) is 0 Å². The van der Waals surface area contributed by atoms with Crippen molar-refractivity contribution >= 4 is 10.8 Å². The van der Waals surface area contributed by atoms with Crippen LogP contribution < -0.4 is 0 Å². The Kier molecular flexibility index (Phi) is 5.44. The molecule has 0 atom stereocenters. The molecule has 0 heterocycles. The van der Waals surface area contributed by atoms with Crippen molar-refractivity contribution in [2.45, 2.75) is 51.9 Å². The van der Waals surface area contributed by atoms with Gasteiger partial charge < -0.3 is 0 Å². The fourth-order valence-electron chi connectivity index (χ4n) is 2.84. The molecule has 0 aliphatic heterocycles. The first kappa shape index (κ1) is 14.1. The molecule has 2 rings (SSSR count). The van der Waals surface area contributed by atoms with E-state index in [4.69, 9.17) is 0 Å². The minimum Gasteiger partial charge on any atom is -0.0651 e. The zero-order valence-electron chi connectivity index (χ0n) is 12.1. The number of benzene rings is 2. The molecule has 0 aromatic heterocycles. The summed E-state index contributed by atoms with van der Waals surface area (Å²) in [5.74, 6) is 0. The molecular formula is C19H25. The SMILES string of the molecule is [CH2]CCCCCc1c(CCC)ccc2ccccc12. The van der Waals surface area contributed by atoms with E-state index in [1.165, 1.54) is 49.3 Å². The Morgan fingerprint density at radius 2 is 1.74 bits per heavy atom. The molecule has 0 bridgehead atoms. The van der Waals surface area contributed by atoms with Gasteiger partial charge in [-0.05, 0) is 41.2 Å². The Bertz CT molecular complexity index is 510. The Morgan fingerprint density at radius 1 is 0.895 bits per heavy atom. The summed E-state index contributed by atoms with van der Waals surface area (Å²) >= 11 is 0. The average Bonchev–Trinajstić information content (AvgIpc) is 2.45. The van der Waals surface area contributed by atoms with Gasteiger partial charge in [-0.25, -0.2) is 0 Å². The van der Waals surface area contributed by atoms with Crippen LogP contribution in [-0.4, -0.2) is 0 Å². The first-order chi connectivity index (χ1) is 9.36. The average molecular weight is 253 g/mol. The maximum Gasteiger partial charge on any atom is -0.0149 e. The predicted octanol–water partition coefficient (Wildman–Crippen LogP) is 5.73. The van der Waals surface area contributed by atoms with Gasteiger partial charge in [-0.1, -0.05) is 75.9 Å². The van der Waals surface area contributed by atoms with Gasteiger partial charge in [0.15, 0.2) is 0 Å². The second-order valence-electron chi connectivity index (χ2n) is 5.34. The van der Waals surface area contributed by atoms with Crippen molar-refractivity contribution in [1.82, 2.24) is 0 Å². The minimum absolute atomic E-state index is 1.07. The number of unbranched alkanes of at least 4 members (excludes halogenated alkanes) is 3. The van der Waals surface area contributed by atoms with Gasteiger partial charge in [0.05, 0.1) is 0 Å². The summed E-state index contributed by atoms with van der Waals surface area (Å²) in [6.45, 7) is 6.19. The lowest BCUT2D eigenvalue weighted by Crippen LogP contribution is -1.96. The van der Waals surface area contributed by atoms with Crippen LogP contribution in [-0.2, 0) is 12.8 Å². The normalized spacial score (nSPS) is 11.1. The van der Waals surface area contributed by atoms with Crippen LogP contribution in [0.1, 0.15) is 50.2 Å². The molecule has 0 spiro atoms. The van der Waals surface area contributed by atoms with E-state index in [9.17, 15) is 0 Å². The summed E-state index contributed by atoms with van der Waals surface area (Å²) in [5.41, 5.74) is 3.14. The van der Waals surface area contributed by atoms with E-state index in [1.54, 1.807) is 11.1 Å². The molecule has 0 N–H and O–H groups in total. The smallest absolute Gasteiger partial charge is 0.0149 e. The van der Waals surface area contributed by atoms with E-state index in [0.717, 1.165) is 6.42 Å². The van der Waals surface area contributed by atoms with Crippen LogP contribution in [0.3, 0.4) is 0 Å². The summed E-state index contributed by atoms with van der Waals surface area (Å²) in [6.07, 6.45) is 8.57. The largest absolute Gasteiger partial charge is 0.0651 e. The Morgan fingerprint density at radius 3 is 2.53 bits per heavy atom. The molecular weight excluding hydrogens is 228 g/mol. The molecule has 0 aliphatic rings. The van der Waals surface area contributed by atoms with Gasteiger partial charge in [-0.2, -0.15) is 0 Å². The van der Waals surface area contributed by atoms with Crippen LogP contribution in [0.2, 0.25) is 0 Å². The van der Waals surface area contributed by atoms with Crippen LogP contribution in [0, 0.1) is 6.92 Å². The Labute approximate surface area is 117 Å². The second-order valence-corrected chi connectivity index (χ2v) is 5.34. The van der Waals surface area contributed by atoms with Crippen molar-refractivity contribution in [3.63, 3.8) is 0 Å². The lowest BCUT2D eigenvalue weighted by Gasteiger charge is -2.13. The molecule has 0 saturated carbocycles. The molecule has 0 fully saturated rings. The van der Waals surface area contributed by atoms with E-state index >= 15 is 0 Å². The van der Waals surface area contributed by atoms with Crippen molar-refractivity contribution in [2.24, 2.45) is 0 Å². The van der Waals surface area contributed by atoms with Gasteiger partial charge in [-0.15, -0.1) is 0 Å². The lowest BCUT2D eigenvalue weighted by atomic mass is 9.92. The molecule has 0 aliphatic carbocycles. The maximum absolute atomic E-state index is 3.93. The van der Waals surface area contributed by atoms with Crippen molar-refractivity contribution in [3.05, 3.63) is 54.4 Å². The van der Waals surface area contributed by atoms with Gasteiger partial charge in [0.1, 0.15) is 0 Å². The molecule has 0 amide bonds. The summed E-state index contributed by atoms with van der Waals surface area (Å²) in [6, 6.07) is 13.4. The molecule has 19 heavy (non-hydrogen) atoms. The van der Waals surface area contributed by atoms with E-state index in [1.807, 2.05) is 0 Å². The molecule has 0 unspecified atom stereocenters. The fraction of sp³-hybridized carbons (Fsp3) is 0.421. The standard InChI is InChI=1S/C19H25/c1-3-5-6-7-12-18-16(10-4-2)14-15-17-11-8-9-13-19(17)18/h8-9,11,13-15H,1,3-7,10,12H2,2H3. The van der Waals surface area contributed by atoms with Gasteiger partial charge >= 0.3 is 0 Å². The highest BCUT2D eigenvalue weighted by Crippen LogP contribution is 2.25. The Hall–Kier alpha value is -1.30. The maximum atomic E-state index is 3.93. The third-order valence-corrected chi connectivity index (χ3v) is 3.83. The molecule has 0 saturated heterocycles. The third kappa shape index (κ3) is 3.59. The minimum atomic E-state index is 1.07. The first-order valence-electron chi connectivity index (χ1n) is 7.65. The summed E-state index contributed by atoms with van der Waals surface area (Å²) in [7, 11) is 0. The van der Waals surface area contributed by atoms with Crippen LogP contribution >= 0.6 is 0 Å². The highest BCUT2D eigenvalue weighted by Gasteiger charge is 2.06. The van der Waals surface area contributed by atoms with Gasteiger partial charge in [0.25, 0.3) is 0 Å². The molecule has 0 heteroatoms. The van der Waals surface area contributed by atoms with Gasteiger partial charge in [0.2, 0.25) is 0 Å². The van der Waals surface area contributed by atoms with Crippen molar-refractivity contribution in [1.29, 1.82) is 0 Å².